The van der Waals surface area contributed by atoms with Crippen LogP contribution in [0.4, 0.5) is 10.1 Å². The van der Waals surface area contributed by atoms with Crippen molar-refractivity contribution >= 4 is 46.6 Å². The summed E-state index contributed by atoms with van der Waals surface area (Å²) >= 11 is 12.0. The van der Waals surface area contributed by atoms with Gasteiger partial charge in [0.1, 0.15) is 5.82 Å². The average Bonchev–Trinajstić information content (AvgIpc) is 2.80. The van der Waals surface area contributed by atoms with Crippen LogP contribution in [0, 0.1) is 11.7 Å². The number of carbonyl (C=O) groups is 3. The van der Waals surface area contributed by atoms with Crippen molar-refractivity contribution in [2.24, 2.45) is 5.92 Å². The van der Waals surface area contributed by atoms with Gasteiger partial charge in [-0.2, -0.15) is 0 Å². The molecule has 3 amide bonds. The van der Waals surface area contributed by atoms with Crippen LogP contribution in [0.5, 0.6) is 0 Å². The maximum Gasteiger partial charge on any atom is 0.253 e. The highest BCUT2D eigenvalue weighted by Gasteiger charge is 2.31. The summed E-state index contributed by atoms with van der Waals surface area (Å²) in [6, 6.07) is 10.2. The number of halogens is 3. The Bertz CT molecular complexity index is 1010. The number of nitrogens with one attached hydrogen (secondary N) is 1. The van der Waals surface area contributed by atoms with Crippen molar-refractivity contribution < 1.29 is 18.8 Å². The summed E-state index contributed by atoms with van der Waals surface area (Å²) in [5.41, 5.74) is 0.855. The SMILES string of the molecule is CCCN(CC(=O)Nc1ccc(Cl)cc1Cl)C(=O)C1CCN(C(=O)c2ccc(F)cc2)CC1. The average molecular weight is 494 g/mol. The molecule has 9 heteroatoms. The summed E-state index contributed by atoms with van der Waals surface area (Å²) in [4.78, 5) is 41.6. The van der Waals surface area contributed by atoms with Crippen molar-refractivity contribution in [3.63, 3.8) is 0 Å². The van der Waals surface area contributed by atoms with Gasteiger partial charge in [0.05, 0.1) is 17.3 Å². The van der Waals surface area contributed by atoms with Crippen LogP contribution >= 0.6 is 23.2 Å². The summed E-state index contributed by atoms with van der Waals surface area (Å²) in [6.07, 6.45) is 1.73. The molecule has 0 unspecified atom stereocenters. The summed E-state index contributed by atoms with van der Waals surface area (Å²) in [5, 5.41) is 3.51. The molecule has 0 radical (unpaired) electrons. The Morgan fingerprint density at radius 3 is 2.36 bits per heavy atom. The molecule has 1 heterocycles. The van der Waals surface area contributed by atoms with E-state index in [0.717, 1.165) is 0 Å². The van der Waals surface area contributed by atoms with Gasteiger partial charge < -0.3 is 15.1 Å². The Morgan fingerprint density at radius 1 is 1.09 bits per heavy atom. The van der Waals surface area contributed by atoms with Crippen molar-refractivity contribution in [2.75, 3.05) is 31.5 Å². The Balaban J connectivity index is 1.56. The Morgan fingerprint density at radius 2 is 1.76 bits per heavy atom. The second-order valence-corrected chi connectivity index (χ2v) is 8.85. The first-order valence-corrected chi connectivity index (χ1v) is 11.6. The first-order valence-electron chi connectivity index (χ1n) is 10.9. The molecule has 0 spiro atoms. The number of anilines is 1. The van der Waals surface area contributed by atoms with Crippen molar-refractivity contribution in [1.29, 1.82) is 0 Å². The molecule has 0 bridgehead atoms. The monoisotopic (exact) mass is 493 g/mol. The molecule has 1 saturated heterocycles. The number of hydrogen-bond donors (Lipinski definition) is 1. The highest BCUT2D eigenvalue weighted by molar-refractivity contribution is 6.36. The van der Waals surface area contributed by atoms with E-state index >= 15 is 0 Å². The van der Waals surface area contributed by atoms with Crippen LogP contribution in [-0.4, -0.2) is 53.7 Å². The number of piperidine rings is 1. The molecule has 1 aliphatic rings. The van der Waals surface area contributed by atoms with E-state index in [-0.39, 0.29) is 30.2 Å². The molecule has 1 fully saturated rings. The second kappa shape index (κ2) is 11.5. The van der Waals surface area contributed by atoms with E-state index in [1.807, 2.05) is 6.92 Å². The largest absolute Gasteiger partial charge is 0.339 e. The molecule has 3 rings (SSSR count). The quantitative estimate of drug-likeness (QED) is 0.598. The second-order valence-electron chi connectivity index (χ2n) is 8.01. The Kier molecular flexibility index (Phi) is 8.69. The summed E-state index contributed by atoms with van der Waals surface area (Å²) < 4.78 is 13.1. The molecular formula is C24H26Cl2FN3O3. The van der Waals surface area contributed by atoms with Crippen molar-refractivity contribution in [3.8, 4) is 0 Å². The third-order valence-corrected chi connectivity index (χ3v) is 6.12. The third kappa shape index (κ3) is 6.68. The number of benzene rings is 2. The molecule has 2 aromatic carbocycles. The van der Waals surface area contributed by atoms with E-state index in [9.17, 15) is 18.8 Å². The lowest BCUT2D eigenvalue weighted by Gasteiger charge is -2.34. The van der Waals surface area contributed by atoms with Gasteiger partial charge >= 0.3 is 0 Å². The van der Waals surface area contributed by atoms with Gasteiger partial charge in [0.15, 0.2) is 0 Å². The van der Waals surface area contributed by atoms with Crippen LogP contribution in [0.1, 0.15) is 36.5 Å². The fourth-order valence-corrected chi connectivity index (χ4v) is 4.31. The number of likely N-dealkylation sites (tertiary alicyclic amines) is 1. The molecule has 6 nitrogen and oxygen atoms in total. The van der Waals surface area contributed by atoms with Gasteiger partial charge in [0.2, 0.25) is 11.8 Å². The molecule has 1 aliphatic heterocycles. The standard InChI is InChI=1S/C24H26Cl2FN3O3/c1-2-11-30(15-22(31)28-21-8-5-18(25)14-20(21)26)24(33)17-9-12-29(13-10-17)23(32)16-3-6-19(27)7-4-16/h3-8,14,17H,2,9-13,15H2,1H3,(H,28,31). The fourth-order valence-electron chi connectivity index (χ4n) is 3.85. The molecule has 2 aromatic rings. The minimum absolute atomic E-state index is 0.0830. The van der Waals surface area contributed by atoms with Gasteiger partial charge in [-0.15, -0.1) is 0 Å². The van der Waals surface area contributed by atoms with E-state index in [1.54, 1.807) is 21.9 Å². The molecule has 176 valence electrons. The predicted octanol–water partition coefficient (Wildman–Crippen LogP) is 4.86. The smallest absolute Gasteiger partial charge is 0.253 e. The van der Waals surface area contributed by atoms with Crippen molar-refractivity contribution in [2.45, 2.75) is 26.2 Å². The molecule has 1 N–H and O–H groups in total. The van der Waals surface area contributed by atoms with Gasteiger partial charge in [-0.05, 0) is 61.7 Å². The van der Waals surface area contributed by atoms with Gasteiger partial charge in [-0.25, -0.2) is 4.39 Å². The predicted molar refractivity (Wildman–Crippen MR) is 127 cm³/mol. The number of nitrogens with zero attached hydrogens (tertiary/aromatic N) is 2. The molecule has 0 aromatic heterocycles. The third-order valence-electron chi connectivity index (χ3n) is 5.57. The summed E-state index contributed by atoms with van der Waals surface area (Å²) in [5.74, 6) is -1.27. The first-order chi connectivity index (χ1) is 15.8. The maximum atomic E-state index is 13.1. The zero-order valence-electron chi connectivity index (χ0n) is 18.3. The highest BCUT2D eigenvalue weighted by atomic mass is 35.5. The first kappa shape index (κ1) is 25.0. The molecule has 0 saturated carbocycles. The lowest BCUT2D eigenvalue weighted by molar-refractivity contribution is -0.139. The Hall–Kier alpha value is -2.64. The van der Waals surface area contributed by atoms with Crippen molar-refractivity contribution in [3.05, 3.63) is 63.9 Å². The minimum Gasteiger partial charge on any atom is -0.339 e. The van der Waals surface area contributed by atoms with E-state index in [0.29, 0.717) is 60.2 Å². The van der Waals surface area contributed by atoms with Crippen LogP contribution in [-0.2, 0) is 9.59 Å². The minimum atomic E-state index is -0.394. The zero-order valence-corrected chi connectivity index (χ0v) is 19.8. The number of carbonyl (C=O) groups excluding carboxylic acids is 3. The van der Waals surface area contributed by atoms with Crippen LogP contribution in [0.25, 0.3) is 0 Å². The Labute approximate surface area is 202 Å². The van der Waals surface area contributed by atoms with Crippen LogP contribution in [0.3, 0.4) is 0 Å². The van der Waals surface area contributed by atoms with Crippen LogP contribution < -0.4 is 5.32 Å². The number of rotatable bonds is 7. The lowest BCUT2D eigenvalue weighted by Crippen LogP contribution is -2.46. The zero-order chi connectivity index (χ0) is 24.0. The summed E-state index contributed by atoms with van der Waals surface area (Å²) in [6.45, 7) is 3.17. The van der Waals surface area contributed by atoms with E-state index in [2.05, 4.69) is 5.32 Å². The number of hydrogen-bond acceptors (Lipinski definition) is 3. The van der Waals surface area contributed by atoms with Crippen LogP contribution in [0.2, 0.25) is 10.0 Å². The maximum absolute atomic E-state index is 13.1. The van der Waals surface area contributed by atoms with Gasteiger partial charge in [0, 0.05) is 36.1 Å². The number of amides is 3. The normalized spacial score (nSPS) is 14.1. The molecular weight excluding hydrogens is 468 g/mol. The van der Waals surface area contributed by atoms with Crippen LogP contribution in [0.15, 0.2) is 42.5 Å². The lowest BCUT2D eigenvalue weighted by atomic mass is 9.94. The topological polar surface area (TPSA) is 69.7 Å². The molecule has 0 aliphatic carbocycles. The highest BCUT2D eigenvalue weighted by Crippen LogP contribution is 2.26. The van der Waals surface area contributed by atoms with E-state index in [1.165, 1.54) is 30.3 Å². The molecule has 33 heavy (non-hydrogen) atoms. The van der Waals surface area contributed by atoms with Crippen molar-refractivity contribution in [1.82, 2.24) is 9.80 Å². The fraction of sp³-hybridized carbons (Fsp3) is 0.375. The van der Waals surface area contributed by atoms with E-state index in [4.69, 9.17) is 23.2 Å². The van der Waals surface area contributed by atoms with Gasteiger partial charge in [-0.3, -0.25) is 14.4 Å². The summed E-state index contributed by atoms with van der Waals surface area (Å²) in [7, 11) is 0. The van der Waals surface area contributed by atoms with Gasteiger partial charge in [-0.1, -0.05) is 30.1 Å². The van der Waals surface area contributed by atoms with Gasteiger partial charge in [0.25, 0.3) is 5.91 Å². The molecule has 0 atom stereocenters. The van der Waals surface area contributed by atoms with E-state index < -0.39 is 5.82 Å².